The number of anilines is 1. The number of carbonyl (C=O) groups excluding carboxylic acids is 3. The van der Waals surface area contributed by atoms with Gasteiger partial charge in [0, 0.05) is 11.3 Å². The Labute approximate surface area is 144 Å². The van der Waals surface area contributed by atoms with Crippen LogP contribution in [-0.4, -0.2) is 31.1 Å². The van der Waals surface area contributed by atoms with Crippen LogP contribution in [0.25, 0.3) is 0 Å². The SMILES string of the molecule is CCOC(=O)Nc1ccc(C(=O)NCC(=O)NCc2ccco2)cc1. The Morgan fingerprint density at radius 1 is 1.08 bits per heavy atom. The first-order chi connectivity index (χ1) is 12.1. The van der Waals surface area contributed by atoms with Gasteiger partial charge in [0.05, 0.1) is 26.0 Å². The van der Waals surface area contributed by atoms with E-state index in [0.29, 0.717) is 17.0 Å². The highest BCUT2D eigenvalue weighted by molar-refractivity contribution is 5.97. The molecule has 0 aliphatic carbocycles. The molecule has 1 heterocycles. The van der Waals surface area contributed by atoms with E-state index in [1.807, 2.05) is 0 Å². The van der Waals surface area contributed by atoms with Crippen LogP contribution in [0.4, 0.5) is 10.5 Å². The Morgan fingerprint density at radius 2 is 1.84 bits per heavy atom. The number of amides is 3. The molecule has 1 aromatic carbocycles. The molecule has 0 saturated heterocycles. The van der Waals surface area contributed by atoms with Crippen molar-refractivity contribution >= 4 is 23.6 Å². The second-order valence-corrected chi connectivity index (χ2v) is 4.96. The van der Waals surface area contributed by atoms with Crippen molar-refractivity contribution in [3.05, 3.63) is 54.0 Å². The van der Waals surface area contributed by atoms with Crippen LogP contribution < -0.4 is 16.0 Å². The average Bonchev–Trinajstić information content (AvgIpc) is 3.12. The van der Waals surface area contributed by atoms with Gasteiger partial charge >= 0.3 is 6.09 Å². The molecular weight excluding hydrogens is 326 g/mol. The molecule has 3 N–H and O–H groups in total. The van der Waals surface area contributed by atoms with Gasteiger partial charge in [0.2, 0.25) is 5.91 Å². The standard InChI is InChI=1S/C17H19N3O5/c1-2-24-17(23)20-13-7-5-12(6-8-13)16(22)19-11-15(21)18-10-14-4-3-9-25-14/h3-9H,2,10-11H2,1H3,(H,18,21)(H,19,22)(H,20,23). The number of nitrogens with one attached hydrogen (secondary N) is 3. The maximum atomic E-state index is 12.0. The van der Waals surface area contributed by atoms with Crippen molar-refractivity contribution in [3.63, 3.8) is 0 Å². The van der Waals surface area contributed by atoms with Crippen LogP contribution in [0, 0.1) is 0 Å². The van der Waals surface area contributed by atoms with Gasteiger partial charge < -0.3 is 19.8 Å². The number of ether oxygens (including phenoxy) is 1. The minimum absolute atomic E-state index is 0.150. The molecule has 3 amide bonds. The summed E-state index contributed by atoms with van der Waals surface area (Å²) < 4.78 is 9.85. The van der Waals surface area contributed by atoms with Crippen LogP contribution in [0.1, 0.15) is 23.0 Å². The van der Waals surface area contributed by atoms with E-state index in [4.69, 9.17) is 9.15 Å². The second-order valence-electron chi connectivity index (χ2n) is 4.96. The molecule has 0 atom stereocenters. The topological polar surface area (TPSA) is 110 Å². The number of benzene rings is 1. The number of hydrogen-bond donors (Lipinski definition) is 3. The molecule has 0 aliphatic rings. The van der Waals surface area contributed by atoms with E-state index >= 15 is 0 Å². The van der Waals surface area contributed by atoms with E-state index in [-0.39, 0.29) is 25.6 Å². The summed E-state index contributed by atoms with van der Waals surface area (Å²) in [5.41, 5.74) is 0.874. The zero-order valence-electron chi connectivity index (χ0n) is 13.7. The van der Waals surface area contributed by atoms with E-state index in [1.165, 1.54) is 18.4 Å². The zero-order chi connectivity index (χ0) is 18.1. The molecule has 0 unspecified atom stereocenters. The largest absolute Gasteiger partial charge is 0.467 e. The third-order valence-electron chi connectivity index (χ3n) is 3.12. The van der Waals surface area contributed by atoms with Gasteiger partial charge in [0.25, 0.3) is 5.91 Å². The minimum atomic E-state index is -0.562. The van der Waals surface area contributed by atoms with Crippen LogP contribution in [0.2, 0.25) is 0 Å². The molecule has 2 rings (SSSR count). The fraction of sp³-hybridized carbons (Fsp3) is 0.235. The van der Waals surface area contributed by atoms with Gasteiger partial charge in [0.15, 0.2) is 0 Å². The summed E-state index contributed by atoms with van der Waals surface area (Å²) >= 11 is 0. The van der Waals surface area contributed by atoms with E-state index < -0.39 is 12.0 Å². The van der Waals surface area contributed by atoms with Gasteiger partial charge in [-0.15, -0.1) is 0 Å². The van der Waals surface area contributed by atoms with E-state index in [1.54, 1.807) is 31.2 Å². The first kappa shape index (κ1) is 18.1. The lowest BCUT2D eigenvalue weighted by Gasteiger charge is -2.08. The summed E-state index contributed by atoms with van der Waals surface area (Å²) in [6.45, 7) is 2.09. The number of hydrogen-bond acceptors (Lipinski definition) is 5. The van der Waals surface area contributed by atoms with Crippen molar-refractivity contribution in [1.29, 1.82) is 0 Å². The Hall–Kier alpha value is -3.29. The highest BCUT2D eigenvalue weighted by Crippen LogP contribution is 2.10. The molecule has 8 heteroatoms. The van der Waals surface area contributed by atoms with Crippen LogP contribution in [0.15, 0.2) is 47.1 Å². The molecule has 132 valence electrons. The van der Waals surface area contributed by atoms with Crippen LogP contribution >= 0.6 is 0 Å². The molecule has 8 nitrogen and oxygen atoms in total. The van der Waals surface area contributed by atoms with Crippen molar-refractivity contribution in [3.8, 4) is 0 Å². The predicted molar refractivity (Wildman–Crippen MR) is 90.0 cm³/mol. The van der Waals surface area contributed by atoms with Gasteiger partial charge in [-0.25, -0.2) is 4.79 Å². The maximum absolute atomic E-state index is 12.0. The lowest BCUT2D eigenvalue weighted by Crippen LogP contribution is -2.36. The van der Waals surface area contributed by atoms with Crippen LogP contribution in [0.5, 0.6) is 0 Å². The number of furan rings is 1. The molecule has 0 fully saturated rings. The first-order valence-electron chi connectivity index (χ1n) is 7.69. The molecule has 0 spiro atoms. The van der Waals surface area contributed by atoms with Crippen LogP contribution in [0.3, 0.4) is 0 Å². The lowest BCUT2D eigenvalue weighted by atomic mass is 10.2. The van der Waals surface area contributed by atoms with E-state index in [9.17, 15) is 14.4 Å². The molecule has 0 radical (unpaired) electrons. The van der Waals surface area contributed by atoms with Gasteiger partial charge in [-0.2, -0.15) is 0 Å². The highest BCUT2D eigenvalue weighted by atomic mass is 16.5. The van der Waals surface area contributed by atoms with Crippen molar-refractivity contribution in [2.45, 2.75) is 13.5 Å². The Kier molecular flexibility index (Phi) is 6.58. The molecule has 2 aromatic rings. The van der Waals surface area contributed by atoms with E-state index in [0.717, 1.165) is 0 Å². The Balaban J connectivity index is 1.76. The van der Waals surface area contributed by atoms with Crippen molar-refractivity contribution < 1.29 is 23.5 Å². The van der Waals surface area contributed by atoms with Crippen LogP contribution in [-0.2, 0) is 16.1 Å². The molecule has 0 saturated carbocycles. The summed E-state index contributed by atoms with van der Waals surface area (Å²) in [6, 6.07) is 9.69. The molecular formula is C17H19N3O5. The third-order valence-corrected chi connectivity index (χ3v) is 3.12. The molecule has 0 bridgehead atoms. The fourth-order valence-corrected chi connectivity index (χ4v) is 1.91. The number of rotatable bonds is 7. The van der Waals surface area contributed by atoms with E-state index in [2.05, 4.69) is 16.0 Å². The van der Waals surface area contributed by atoms with Crippen molar-refractivity contribution in [2.24, 2.45) is 0 Å². The number of carbonyl (C=O) groups is 3. The Bertz CT molecular complexity index is 710. The van der Waals surface area contributed by atoms with Gasteiger partial charge in [0.1, 0.15) is 5.76 Å². The molecule has 1 aromatic heterocycles. The quantitative estimate of drug-likeness (QED) is 0.710. The summed E-state index contributed by atoms with van der Waals surface area (Å²) in [5.74, 6) is -0.0921. The minimum Gasteiger partial charge on any atom is -0.467 e. The lowest BCUT2D eigenvalue weighted by molar-refractivity contribution is -0.120. The molecule has 25 heavy (non-hydrogen) atoms. The third kappa shape index (κ3) is 6.02. The summed E-state index contributed by atoms with van der Waals surface area (Å²) in [5, 5.41) is 7.66. The average molecular weight is 345 g/mol. The fourth-order valence-electron chi connectivity index (χ4n) is 1.91. The first-order valence-corrected chi connectivity index (χ1v) is 7.69. The summed E-state index contributed by atoms with van der Waals surface area (Å²) in [6.07, 6.45) is 0.955. The summed E-state index contributed by atoms with van der Waals surface area (Å²) in [4.78, 5) is 35.0. The highest BCUT2D eigenvalue weighted by Gasteiger charge is 2.09. The second kappa shape index (κ2) is 9.11. The molecule has 0 aliphatic heterocycles. The summed E-state index contributed by atoms with van der Waals surface area (Å²) in [7, 11) is 0. The van der Waals surface area contributed by atoms with Crippen molar-refractivity contribution in [1.82, 2.24) is 10.6 Å². The predicted octanol–water partition coefficient (Wildman–Crippen LogP) is 1.89. The van der Waals surface area contributed by atoms with Gasteiger partial charge in [-0.05, 0) is 43.3 Å². The monoisotopic (exact) mass is 345 g/mol. The Morgan fingerprint density at radius 3 is 2.48 bits per heavy atom. The van der Waals surface area contributed by atoms with Gasteiger partial charge in [-0.3, -0.25) is 14.9 Å². The smallest absolute Gasteiger partial charge is 0.411 e. The maximum Gasteiger partial charge on any atom is 0.411 e. The van der Waals surface area contributed by atoms with Crippen molar-refractivity contribution in [2.75, 3.05) is 18.5 Å². The van der Waals surface area contributed by atoms with Gasteiger partial charge in [-0.1, -0.05) is 0 Å². The normalized spacial score (nSPS) is 9.96. The zero-order valence-corrected chi connectivity index (χ0v) is 13.7.